The Labute approximate surface area is 195 Å². The zero-order valence-electron chi connectivity index (χ0n) is 19.2. The normalized spacial score (nSPS) is 22.4. The molecule has 2 aromatic carbocycles. The molecule has 33 heavy (non-hydrogen) atoms. The molecule has 178 valence electrons. The fourth-order valence-corrected chi connectivity index (χ4v) is 6.16. The van der Waals surface area contributed by atoms with Gasteiger partial charge in [-0.05, 0) is 74.1 Å². The number of amides is 1. The maximum absolute atomic E-state index is 13.5. The van der Waals surface area contributed by atoms with E-state index in [-0.39, 0.29) is 29.8 Å². The smallest absolute Gasteiger partial charge is 0.253 e. The van der Waals surface area contributed by atoms with Gasteiger partial charge in [0, 0.05) is 37.3 Å². The molecule has 4 rings (SSSR count). The van der Waals surface area contributed by atoms with Crippen molar-refractivity contribution in [2.75, 3.05) is 24.2 Å². The van der Waals surface area contributed by atoms with Gasteiger partial charge in [-0.2, -0.15) is 0 Å². The lowest BCUT2D eigenvalue weighted by molar-refractivity contribution is 0.0791. The number of rotatable bonds is 7. The minimum atomic E-state index is -3.35. The first-order valence-electron chi connectivity index (χ1n) is 11.3. The molecule has 3 atom stereocenters. The van der Waals surface area contributed by atoms with Gasteiger partial charge < -0.3 is 4.90 Å². The highest BCUT2D eigenvalue weighted by Crippen LogP contribution is 2.35. The molecule has 1 fully saturated rings. The van der Waals surface area contributed by atoms with Gasteiger partial charge in [0.15, 0.2) is 0 Å². The second-order valence-corrected chi connectivity index (χ2v) is 11.0. The molecule has 9 heteroatoms. The first kappa shape index (κ1) is 23.7. The Kier molecular flexibility index (Phi) is 6.74. The van der Waals surface area contributed by atoms with Crippen molar-refractivity contribution in [3.63, 3.8) is 0 Å². The predicted molar refractivity (Wildman–Crippen MR) is 127 cm³/mol. The Morgan fingerprint density at radius 1 is 1.21 bits per heavy atom. The summed E-state index contributed by atoms with van der Waals surface area (Å²) in [6, 6.07) is 12.1. The third kappa shape index (κ3) is 5.20. The molecule has 7 nitrogen and oxygen atoms in total. The Balaban J connectivity index is 1.30. The topological polar surface area (TPSA) is 81.8 Å². The summed E-state index contributed by atoms with van der Waals surface area (Å²) in [4.78, 5) is 14.6. The van der Waals surface area contributed by atoms with E-state index in [0.717, 1.165) is 30.4 Å². The number of hydrazine groups is 1. The average molecular weight is 475 g/mol. The number of fused-ring (bicyclic) bond motifs is 1. The van der Waals surface area contributed by atoms with Crippen molar-refractivity contribution in [1.29, 1.82) is 0 Å². The van der Waals surface area contributed by atoms with Crippen LogP contribution in [0.3, 0.4) is 0 Å². The number of nitrogens with one attached hydrogen (secondary N) is 2. The summed E-state index contributed by atoms with van der Waals surface area (Å²) >= 11 is 0. The molecule has 0 bridgehead atoms. The van der Waals surface area contributed by atoms with E-state index in [0.29, 0.717) is 24.2 Å². The van der Waals surface area contributed by atoms with Gasteiger partial charge in [0.25, 0.3) is 5.91 Å². The minimum absolute atomic E-state index is 0.0709. The highest BCUT2D eigenvalue weighted by molar-refractivity contribution is 7.92. The van der Waals surface area contributed by atoms with Gasteiger partial charge in [-0.25, -0.2) is 12.8 Å². The SMILES string of the molecule is CC1Cc2cc(C(=O)N(C)CCCC3CC(c4cccc(F)c4)NN3)ccc2N1S(C)(=O)=O. The van der Waals surface area contributed by atoms with Gasteiger partial charge in [0.05, 0.1) is 11.9 Å². The number of anilines is 1. The van der Waals surface area contributed by atoms with Crippen LogP contribution in [-0.4, -0.2) is 51.2 Å². The zero-order chi connectivity index (χ0) is 23.8. The van der Waals surface area contributed by atoms with Crippen LogP contribution in [0.1, 0.15) is 53.7 Å². The van der Waals surface area contributed by atoms with E-state index in [1.165, 1.54) is 16.6 Å². The molecule has 2 aliphatic rings. The molecule has 1 saturated heterocycles. The summed E-state index contributed by atoms with van der Waals surface area (Å²) < 4.78 is 39.1. The third-order valence-corrected chi connectivity index (χ3v) is 7.73. The lowest BCUT2D eigenvalue weighted by Crippen LogP contribution is -2.34. The van der Waals surface area contributed by atoms with Crippen molar-refractivity contribution in [3.05, 3.63) is 65.0 Å². The third-order valence-electron chi connectivity index (χ3n) is 6.46. The minimum Gasteiger partial charge on any atom is -0.342 e. The maximum atomic E-state index is 13.5. The summed E-state index contributed by atoms with van der Waals surface area (Å²) in [6.45, 7) is 2.49. The molecule has 0 radical (unpaired) electrons. The predicted octanol–water partition coefficient (Wildman–Crippen LogP) is 3.00. The fourth-order valence-electron chi connectivity index (χ4n) is 4.89. The largest absolute Gasteiger partial charge is 0.342 e. The van der Waals surface area contributed by atoms with Crippen LogP contribution in [0.25, 0.3) is 0 Å². The summed E-state index contributed by atoms with van der Waals surface area (Å²) in [5, 5.41) is 0. The fraction of sp³-hybridized carbons (Fsp3) is 0.458. The number of halogens is 1. The zero-order valence-corrected chi connectivity index (χ0v) is 20.0. The van der Waals surface area contributed by atoms with E-state index in [1.807, 2.05) is 19.1 Å². The molecular formula is C24H31FN4O3S. The number of nitrogens with zero attached hydrogens (tertiary/aromatic N) is 2. The molecular weight excluding hydrogens is 443 g/mol. The van der Waals surface area contributed by atoms with Gasteiger partial charge >= 0.3 is 0 Å². The van der Waals surface area contributed by atoms with Crippen LogP contribution in [0.5, 0.6) is 0 Å². The standard InChI is InChI=1S/C24H31FN4O3S/c1-16-12-19-13-18(9-10-23(19)29(16)33(3,31)32)24(30)28(2)11-5-8-21-15-22(27-26-21)17-6-4-7-20(25)14-17/h4,6-7,9-10,13-14,16,21-22,26-27H,5,8,11-12,15H2,1-3H3. The number of sulfonamides is 1. The van der Waals surface area contributed by atoms with E-state index < -0.39 is 10.0 Å². The number of carbonyl (C=O) groups excluding carboxylic acids is 1. The molecule has 2 N–H and O–H groups in total. The van der Waals surface area contributed by atoms with Crippen molar-refractivity contribution in [1.82, 2.24) is 15.8 Å². The van der Waals surface area contributed by atoms with E-state index in [2.05, 4.69) is 10.9 Å². The molecule has 0 spiro atoms. The van der Waals surface area contributed by atoms with Gasteiger partial charge in [-0.3, -0.25) is 20.0 Å². The summed E-state index contributed by atoms with van der Waals surface area (Å²) in [7, 11) is -1.56. The van der Waals surface area contributed by atoms with E-state index >= 15 is 0 Å². The van der Waals surface area contributed by atoms with Crippen LogP contribution < -0.4 is 15.2 Å². The second-order valence-electron chi connectivity index (χ2n) is 9.15. The number of carbonyl (C=O) groups is 1. The second kappa shape index (κ2) is 9.40. The van der Waals surface area contributed by atoms with Crippen LogP contribution in [0, 0.1) is 5.82 Å². The van der Waals surface area contributed by atoms with Crippen LogP contribution in [0.4, 0.5) is 10.1 Å². The quantitative estimate of drug-likeness (QED) is 0.645. The van der Waals surface area contributed by atoms with Gasteiger partial charge in [-0.1, -0.05) is 12.1 Å². The number of hydrogen-bond donors (Lipinski definition) is 2. The Morgan fingerprint density at radius 3 is 2.73 bits per heavy atom. The van der Waals surface area contributed by atoms with Crippen molar-refractivity contribution in [2.45, 2.75) is 50.7 Å². The summed E-state index contributed by atoms with van der Waals surface area (Å²) in [5.41, 5.74) is 9.57. The van der Waals surface area contributed by atoms with Crippen LogP contribution >= 0.6 is 0 Å². The van der Waals surface area contributed by atoms with Gasteiger partial charge in [0.1, 0.15) is 5.82 Å². The molecule has 0 aliphatic carbocycles. The molecule has 2 heterocycles. The highest BCUT2D eigenvalue weighted by atomic mass is 32.2. The molecule has 0 saturated carbocycles. The van der Waals surface area contributed by atoms with Crippen molar-refractivity contribution < 1.29 is 17.6 Å². The molecule has 0 aromatic heterocycles. The monoisotopic (exact) mass is 474 g/mol. The highest BCUT2D eigenvalue weighted by Gasteiger charge is 2.33. The first-order valence-corrected chi connectivity index (χ1v) is 13.1. The van der Waals surface area contributed by atoms with Crippen molar-refractivity contribution in [3.8, 4) is 0 Å². The molecule has 3 unspecified atom stereocenters. The van der Waals surface area contributed by atoms with Gasteiger partial charge in [0.2, 0.25) is 10.0 Å². The first-order chi connectivity index (χ1) is 15.6. The van der Waals surface area contributed by atoms with E-state index in [1.54, 1.807) is 36.2 Å². The Morgan fingerprint density at radius 2 is 2.00 bits per heavy atom. The van der Waals surface area contributed by atoms with Gasteiger partial charge in [-0.15, -0.1) is 0 Å². The van der Waals surface area contributed by atoms with E-state index in [4.69, 9.17) is 0 Å². The van der Waals surface area contributed by atoms with Crippen LogP contribution in [0.2, 0.25) is 0 Å². The lowest BCUT2D eigenvalue weighted by Gasteiger charge is -2.22. The average Bonchev–Trinajstić information content (AvgIpc) is 3.35. The Hall–Kier alpha value is -2.49. The van der Waals surface area contributed by atoms with Crippen LogP contribution in [-0.2, 0) is 16.4 Å². The molecule has 1 amide bonds. The number of benzene rings is 2. The summed E-state index contributed by atoms with van der Waals surface area (Å²) in [5.74, 6) is -0.304. The van der Waals surface area contributed by atoms with Crippen molar-refractivity contribution >= 4 is 21.6 Å². The maximum Gasteiger partial charge on any atom is 0.253 e. The molecule has 2 aromatic rings. The lowest BCUT2D eigenvalue weighted by atomic mass is 9.99. The summed E-state index contributed by atoms with van der Waals surface area (Å²) in [6.07, 6.45) is 4.39. The number of hydrogen-bond acceptors (Lipinski definition) is 5. The van der Waals surface area contributed by atoms with Crippen LogP contribution in [0.15, 0.2) is 42.5 Å². The molecule has 2 aliphatic heterocycles. The van der Waals surface area contributed by atoms with Crippen molar-refractivity contribution in [2.24, 2.45) is 0 Å². The van der Waals surface area contributed by atoms with E-state index in [9.17, 15) is 17.6 Å². The Bertz CT molecular complexity index is 1140.